The van der Waals surface area contributed by atoms with E-state index in [0.29, 0.717) is 6.04 Å². The lowest BCUT2D eigenvalue weighted by Crippen LogP contribution is -2.45. The fourth-order valence-corrected chi connectivity index (χ4v) is 3.30. The molecule has 1 saturated heterocycles. The zero-order chi connectivity index (χ0) is 17.1. The molecule has 1 fully saturated rings. The predicted molar refractivity (Wildman–Crippen MR) is 95.1 cm³/mol. The number of furan rings is 1. The highest BCUT2D eigenvalue weighted by atomic mass is 16.3. The van der Waals surface area contributed by atoms with E-state index in [4.69, 9.17) is 4.42 Å². The van der Waals surface area contributed by atoms with E-state index in [1.54, 1.807) is 6.20 Å². The topological polar surface area (TPSA) is 82.9 Å². The van der Waals surface area contributed by atoms with Gasteiger partial charge in [0.1, 0.15) is 11.5 Å². The molecule has 0 radical (unpaired) electrons. The van der Waals surface area contributed by atoms with E-state index in [1.807, 2.05) is 37.4 Å². The second-order valence-electron chi connectivity index (χ2n) is 6.43. The van der Waals surface area contributed by atoms with Crippen molar-refractivity contribution in [1.29, 1.82) is 0 Å². The van der Waals surface area contributed by atoms with Crippen molar-refractivity contribution in [2.45, 2.75) is 32.4 Å². The Morgan fingerprint density at radius 1 is 1.36 bits per heavy atom. The molecule has 0 unspecified atom stereocenters. The summed E-state index contributed by atoms with van der Waals surface area (Å²) in [5, 5.41) is 19.1. The van der Waals surface area contributed by atoms with Gasteiger partial charge in [-0.15, -0.1) is 5.10 Å². The second kappa shape index (κ2) is 7.06. The molecule has 7 heteroatoms. The van der Waals surface area contributed by atoms with Crippen molar-refractivity contribution in [1.82, 2.24) is 25.7 Å². The monoisotopic (exact) mass is 338 g/mol. The first-order valence-corrected chi connectivity index (χ1v) is 8.64. The summed E-state index contributed by atoms with van der Waals surface area (Å²) in [5.41, 5.74) is 2.06. The van der Waals surface area contributed by atoms with Crippen LogP contribution in [-0.4, -0.2) is 39.5 Å². The maximum atomic E-state index is 5.71. The van der Waals surface area contributed by atoms with Gasteiger partial charge in [-0.25, -0.2) is 0 Å². The smallest absolute Gasteiger partial charge is 0.152 e. The van der Waals surface area contributed by atoms with E-state index < -0.39 is 0 Å². The largest absolute Gasteiger partial charge is 0.460 e. The van der Waals surface area contributed by atoms with E-state index in [2.05, 4.69) is 30.6 Å². The summed E-state index contributed by atoms with van der Waals surface area (Å²) in [4.78, 5) is 2.29. The minimum absolute atomic E-state index is 0.414. The lowest BCUT2D eigenvalue weighted by atomic mass is 10.1. The van der Waals surface area contributed by atoms with Crippen molar-refractivity contribution in [3.63, 3.8) is 0 Å². The zero-order valence-corrected chi connectivity index (χ0v) is 14.3. The molecule has 0 spiro atoms. The van der Waals surface area contributed by atoms with Crippen molar-refractivity contribution in [3.8, 4) is 11.5 Å². The Balaban J connectivity index is 1.40. The molecule has 1 atom stereocenters. The predicted octanol–water partition coefficient (Wildman–Crippen LogP) is 2.53. The number of hydrogen-bond donors (Lipinski definition) is 2. The van der Waals surface area contributed by atoms with Gasteiger partial charge in [-0.2, -0.15) is 10.2 Å². The van der Waals surface area contributed by atoms with Crippen molar-refractivity contribution in [2.24, 2.45) is 0 Å². The Labute approximate surface area is 146 Å². The summed E-state index contributed by atoms with van der Waals surface area (Å²) in [7, 11) is 0. The highest BCUT2D eigenvalue weighted by Crippen LogP contribution is 2.24. The van der Waals surface area contributed by atoms with Crippen LogP contribution in [-0.2, 0) is 6.54 Å². The number of aromatic nitrogens is 4. The van der Waals surface area contributed by atoms with E-state index >= 15 is 0 Å². The van der Waals surface area contributed by atoms with Gasteiger partial charge in [0.05, 0.1) is 6.20 Å². The highest BCUT2D eigenvalue weighted by Gasteiger charge is 2.21. The van der Waals surface area contributed by atoms with Crippen LogP contribution in [0.3, 0.4) is 0 Å². The van der Waals surface area contributed by atoms with Gasteiger partial charge in [-0.05, 0) is 44.0 Å². The summed E-state index contributed by atoms with van der Waals surface area (Å²) in [6.45, 7) is 4.66. The summed E-state index contributed by atoms with van der Waals surface area (Å²) >= 11 is 0. The normalized spacial score (nSPS) is 17.8. The Morgan fingerprint density at radius 2 is 2.32 bits per heavy atom. The van der Waals surface area contributed by atoms with Crippen LogP contribution >= 0.6 is 0 Å². The minimum atomic E-state index is 0.414. The van der Waals surface area contributed by atoms with Gasteiger partial charge in [-0.1, -0.05) is 0 Å². The number of nitrogens with zero attached hydrogens (tertiary/aromatic N) is 4. The third kappa shape index (κ3) is 3.56. The van der Waals surface area contributed by atoms with Crippen LogP contribution in [0.5, 0.6) is 0 Å². The highest BCUT2D eigenvalue weighted by molar-refractivity contribution is 5.56. The minimum Gasteiger partial charge on any atom is -0.460 e. The maximum Gasteiger partial charge on any atom is 0.152 e. The van der Waals surface area contributed by atoms with Crippen LogP contribution in [0.2, 0.25) is 0 Å². The molecule has 4 heterocycles. The van der Waals surface area contributed by atoms with Crippen LogP contribution in [0, 0.1) is 6.92 Å². The summed E-state index contributed by atoms with van der Waals surface area (Å²) < 4.78 is 5.71. The lowest BCUT2D eigenvalue weighted by Gasteiger charge is -2.33. The lowest BCUT2D eigenvalue weighted by molar-refractivity contribution is 0.419. The van der Waals surface area contributed by atoms with E-state index in [0.717, 1.165) is 61.1 Å². The Kier molecular flexibility index (Phi) is 4.47. The van der Waals surface area contributed by atoms with Gasteiger partial charge in [0.2, 0.25) is 0 Å². The zero-order valence-electron chi connectivity index (χ0n) is 14.3. The van der Waals surface area contributed by atoms with Crippen LogP contribution in [0.4, 0.5) is 5.82 Å². The number of anilines is 1. The van der Waals surface area contributed by atoms with Gasteiger partial charge >= 0.3 is 0 Å². The number of rotatable bonds is 5. The van der Waals surface area contributed by atoms with Crippen molar-refractivity contribution >= 4 is 5.82 Å². The Hall–Kier alpha value is -2.67. The summed E-state index contributed by atoms with van der Waals surface area (Å²) in [6, 6.07) is 8.30. The molecule has 0 aliphatic carbocycles. The maximum absolute atomic E-state index is 5.71. The van der Waals surface area contributed by atoms with E-state index in [1.165, 1.54) is 0 Å². The average Bonchev–Trinajstić information content (AvgIpc) is 3.29. The molecule has 2 N–H and O–H groups in total. The van der Waals surface area contributed by atoms with E-state index in [-0.39, 0.29) is 0 Å². The first-order chi connectivity index (χ1) is 12.3. The van der Waals surface area contributed by atoms with Gasteiger partial charge in [0.15, 0.2) is 11.6 Å². The molecule has 0 saturated carbocycles. The fraction of sp³-hybridized carbons (Fsp3) is 0.389. The number of H-pyrrole nitrogens is 1. The standard InChI is InChI=1S/C18H22N6O/c1-13-6-7-16(25-13)18-14(11-21-23-18)10-19-15-4-3-9-24(12-15)17-5-2-8-20-22-17/h2,5-8,11,15,19H,3-4,9-10,12H2,1H3,(H,21,23)/t15-/m0/s1. The van der Waals surface area contributed by atoms with Gasteiger partial charge in [0.25, 0.3) is 0 Å². The first-order valence-electron chi connectivity index (χ1n) is 8.64. The van der Waals surface area contributed by atoms with Crippen LogP contribution in [0.25, 0.3) is 11.5 Å². The number of hydrogen-bond acceptors (Lipinski definition) is 6. The molecular formula is C18H22N6O. The molecule has 7 nitrogen and oxygen atoms in total. The molecule has 1 aliphatic rings. The quantitative estimate of drug-likeness (QED) is 0.744. The molecule has 3 aromatic rings. The number of piperidine rings is 1. The number of aromatic amines is 1. The van der Waals surface area contributed by atoms with Crippen LogP contribution in [0.1, 0.15) is 24.2 Å². The van der Waals surface area contributed by atoms with Crippen LogP contribution < -0.4 is 10.2 Å². The molecule has 1 aliphatic heterocycles. The van der Waals surface area contributed by atoms with Crippen LogP contribution in [0.15, 0.2) is 41.1 Å². The summed E-state index contributed by atoms with van der Waals surface area (Å²) in [5.74, 6) is 2.68. The second-order valence-corrected chi connectivity index (χ2v) is 6.43. The molecule has 25 heavy (non-hydrogen) atoms. The van der Waals surface area contributed by atoms with Gasteiger partial charge in [-0.3, -0.25) is 5.10 Å². The molecule has 4 rings (SSSR count). The molecular weight excluding hydrogens is 316 g/mol. The van der Waals surface area contributed by atoms with Crippen molar-refractivity contribution < 1.29 is 4.42 Å². The first kappa shape index (κ1) is 15.8. The number of aryl methyl sites for hydroxylation is 1. The third-order valence-electron chi connectivity index (χ3n) is 4.59. The van der Waals surface area contributed by atoms with Gasteiger partial charge in [0, 0.05) is 37.4 Å². The molecule has 130 valence electrons. The molecule has 0 amide bonds. The van der Waals surface area contributed by atoms with Gasteiger partial charge < -0.3 is 14.6 Å². The van der Waals surface area contributed by atoms with Crippen molar-refractivity contribution in [3.05, 3.63) is 48.0 Å². The van der Waals surface area contributed by atoms with E-state index in [9.17, 15) is 0 Å². The third-order valence-corrected chi connectivity index (χ3v) is 4.59. The Morgan fingerprint density at radius 3 is 3.12 bits per heavy atom. The average molecular weight is 338 g/mol. The van der Waals surface area contributed by atoms with Crippen molar-refractivity contribution in [2.75, 3.05) is 18.0 Å². The molecule has 0 aromatic carbocycles. The fourth-order valence-electron chi connectivity index (χ4n) is 3.30. The Bertz CT molecular complexity index is 812. The SMILES string of the molecule is Cc1ccc(-c2[nH]ncc2CN[C@H]2CCCN(c3cccnn3)C2)o1. The summed E-state index contributed by atoms with van der Waals surface area (Å²) in [6.07, 6.45) is 5.87. The molecule has 0 bridgehead atoms. The molecule has 3 aromatic heterocycles. The number of nitrogens with one attached hydrogen (secondary N) is 2.